The lowest BCUT2D eigenvalue weighted by molar-refractivity contribution is -0.137. The van der Waals surface area contributed by atoms with E-state index >= 15 is 0 Å². The normalized spacial score (nSPS) is 11.4. The smallest absolute Gasteiger partial charge is 0.399 e. The molecular weight excluding hydrogens is 498 g/mol. The van der Waals surface area contributed by atoms with Crippen LogP contribution in [-0.4, -0.2) is 6.16 Å². The van der Waals surface area contributed by atoms with Crippen molar-refractivity contribution in [2.75, 3.05) is 11.9 Å². The summed E-state index contributed by atoms with van der Waals surface area (Å²) in [5, 5.41) is 4.41. The van der Waals surface area contributed by atoms with Crippen molar-refractivity contribution >= 4 is 28.9 Å². The summed E-state index contributed by atoms with van der Waals surface area (Å²) in [7, 11) is -1.76. The second-order valence-corrected chi connectivity index (χ2v) is 12.7. The minimum atomic E-state index is -4.30. The van der Waals surface area contributed by atoms with Gasteiger partial charge in [-0.2, -0.15) is 13.2 Å². The van der Waals surface area contributed by atoms with Crippen molar-refractivity contribution in [1.29, 1.82) is 0 Å². The van der Waals surface area contributed by atoms with Gasteiger partial charge < -0.3 is 5.73 Å². The molecule has 4 aromatic carbocycles. The van der Waals surface area contributed by atoms with Crippen molar-refractivity contribution in [1.82, 2.24) is 0 Å². The summed E-state index contributed by atoms with van der Waals surface area (Å²) >= 11 is 0. The van der Waals surface area contributed by atoms with Crippen LogP contribution in [0.15, 0.2) is 122 Å². The highest BCUT2D eigenvalue weighted by Gasteiger charge is 2.45. The third-order valence-electron chi connectivity index (χ3n) is 6.46. The number of benzene rings is 4. The van der Waals surface area contributed by atoms with Gasteiger partial charge >= 0.3 is 6.18 Å². The van der Waals surface area contributed by atoms with Crippen molar-refractivity contribution in [3.8, 4) is 0 Å². The lowest BCUT2D eigenvalue weighted by atomic mass is 10.1. The van der Waals surface area contributed by atoms with Crippen molar-refractivity contribution in [3.05, 3.63) is 133 Å². The van der Waals surface area contributed by atoms with Crippen LogP contribution in [0.2, 0.25) is 0 Å². The summed E-state index contributed by atoms with van der Waals surface area (Å²) in [6, 6.07) is 35.9. The number of alkyl halides is 3. The van der Waals surface area contributed by atoms with E-state index in [0.29, 0.717) is 0 Å². The molecule has 2 N–H and O–H groups in total. The number of aryl methyl sites for hydroxylation is 1. The van der Waals surface area contributed by atoms with E-state index in [1.54, 1.807) is 0 Å². The number of anilines is 1. The Balaban J connectivity index is 0.000000304. The first-order valence-corrected chi connectivity index (χ1v) is 14.9. The van der Waals surface area contributed by atoms with Crippen molar-refractivity contribution in [2.24, 2.45) is 0 Å². The van der Waals surface area contributed by atoms with E-state index in [1.807, 2.05) is 0 Å². The van der Waals surface area contributed by atoms with E-state index in [9.17, 15) is 13.2 Å². The molecule has 0 aliphatic heterocycles. The Morgan fingerprint density at radius 2 is 1.34 bits per heavy atom. The molecule has 0 aliphatic rings. The zero-order chi connectivity index (χ0) is 27.4. The van der Waals surface area contributed by atoms with Crippen LogP contribution >= 0.6 is 7.26 Å². The summed E-state index contributed by atoms with van der Waals surface area (Å²) in [4.78, 5) is 0. The minimum Gasteiger partial charge on any atom is -0.399 e. The molecule has 0 saturated heterocycles. The van der Waals surface area contributed by atoms with Gasteiger partial charge in [0.25, 0.3) is 0 Å². The largest absolute Gasteiger partial charge is 0.416 e. The van der Waals surface area contributed by atoms with Gasteiger partial charge in [-0.05, 0) is 66.9 Å². The van der Waals surface area contributed by atoms with E-state index in [4.69, 9.17) is 5.73 Å². The van der Waals surface area contributed by atoms with Gasteiger partial charge in [0.1, 0.15) is 23.2 Å². The Morgan fingerprint density at radius 1 is 0.763 bits per heavy atom. The second-order valence-electron chi connectivity index (χ2n) is 9.16. The van der Waals surface area contributed by atoms with E-state index in [2.05, 4.69) is 105 Å². The second kappa shape index (κ2) is 14.0. The summed E-state index contributed by atoms with van der Waals surface area (Å²) in [6.45, 7) is 6.43. The fourth-order valence-corrected chi connectivity index (χ4v) is 8.91. The number of hydrogen-bond acceptors (Lipinski definition) is 1. The van der Waals surface area contributed by atoms with E-state index in [-0.39, 0.29) is 5.69 Å². The summed E-state index contributed by atoms with van der Waals surface area (Å²) in [5.41, 5.74) is 6.08. The SMILES string of the molecule is C=CC[P+](c1ccccc1)(c1ccccc1)c1ccccc1CCCCC.Nc1cccc(C(F)(F)F)c1. The molecule has 4 rings (SSSR count). The van der Waals surface area contributed by atoms with Gasteiger partial charge in [-0.15, -0.1) is 0 Å². The highest BCUT2D eigenvalue weighted by atomic mass is 31.2. The molecule has 0 bridgehead atoms. The van der Waals surface area contributed by atoms with Crippen molar-refractivity contribution < 1.29 is 13.2 Å². The quantitative estimate of drug-likeness (QED) is 0.0996. The van der Waals surface area contributed by atoms with Gasteiger partial charge in [-0.25, -0.2) is 0 Å². The molecule has 38 heavy (non-hydrogen) atoms. The first kappa shape index (κ1) is 29.2. The highest BCUT2D eigenvalue weighted by molar-refractivity contribution is 7.95. The van der Waals surface area contributed by atoms with Crippen LogP contribution in [0.5, 0.6) is 0 Å². The predicted octanol–water partition coefficient (Wildman–Crippen LogP) is 8.19. The number of hydrogen-bond donors (Lipinski definition) is 1. The zero-order valence-corrected chi connectivity index (χ0v) is 22.8. The van der Waals surface area contributed by atoms with E-state index in [0.717, 1.165) is 24.7 Å². The van der Waals surface area contributed by atoms with Gasteiger partial charge in [0.2, 0.25) is 0 Å². The van der Waals surface area contributed by atoms with Gasteiger partial charge in [0.05, 0.1) is 11.7 Å². The van der Waals surface area contributed by atoms with Crippen LogP contribution < -0.4 is 21.6 Å². The Morgan fingerprint density at radius 3 is 1.84 bits per heavy atom. The molecule has 0 fully saturated rings. The topological polar surface area (TPSA) is 26.0 Å². The maximum atomic E-state index is 11.9. The fourth-order valence-electron chi connectivity index (χ4n) is 4.67. The summed E-state index contributed by atoms with van der Waals surface area (Å²) in [6.07, 6.45) is 3.77. The van der Waals surface area contributed by atoms with Crippen LogP contribution in [0.3, 0.4) is 0 Å². The Hall–Kier alpha value is -3.36. The van der Waals surface area contributed by atoms with Crippen molar-refractivity contribution in [3.63, 3.8) is 0 Å². The Labute approximate surface area is 225 Å². The first-order valence-electron chi connectivity index (χ1n) is 12.9. The standard InChI is InChI=1S/C26H30P.C7H6F3N/c1-3-5-8-15-23-16-13-14-21-26(23)27(22-4-2,24-17-9-6-10-18-24)25-19-11-7-12-20-25;8-7(9,10)5-2-1-3-6(11)4-5/h4,6-7,9-14,16-21H,2-3,5,8,15,22H2,1H3;1-4H,11H2/q+1;. The predicted molar refractivity (Wildman–Crippen MR) is 159 cm³/mol. The molecule has 0 amide bonds. The number of unbranched alkanes of at least 4 members (excludes halogenated alkanes) is 2. The number of nitrogens with two attached hydrogens (primary N) is 1. The van der Waals surface area contributed by atoms with Gasteiger partial charge in [-0.1, -0.05) is 93.1 Å². The van der Waals surface area contributed by atoms with Crippen molar-refractivity contribution in [2.45, 2.75) is 38.8 Å². The molecule has 0 atom stereocenters. The van der Waals surface area contributed by atoms with Gasteiger partial charge in [0.15, 0.2) is 0 Å². The average molecular weight is 535 g/mol. The maximum absolute atomic E-state index is 11.9. The zero-order valence-electron chi connectivity index (χ0n) is 21.9. The first-order chi connectivity index (χ1) is 18.3. The summed E-state index contributed by atoms with van der Waals surface area (Å²) < 4.78 is 35.7. The molecule has 0 aromatic heterocycles. The van der Waals surface area contributed by atoms with Crippen LogP contribution in [0, 0.1) is 0 Å². The molecule has 198 valence electrons. The molecule has 0 saturated carbocycles. The molecule has 1 nitrogen and oxygen atoms in total. The van der Waals surface area contributed by atoms with Crippen LogP contribution in [-0.2, 0) is 12.6 Å². The molecule has 0 radical (unpaired) electrons. The third-order valence-corrected chi connectivity index (χ3v) is 10.9. The maximum Gasteiger partial charge on any atom is 0.416 e. The monoisotopic (exact) mass is 534 g/mol. The third kappa shape index (κ3) is 7.36. The van der Waals surface area contributed by atoms with Crippen LogP contribution in [0.25, 0.3) is 0 Å². The molecular formula is C33H36F3NP+. The molecule has 0 unspecified atom stereocenters. The van der Waals surface area contributed by atoms with E-state index < -0.39 is 19.0 Å². The van der Waals surface area contributed by atoms with E-state index in [1.165, 1.54) is 52.9 Å². The van der Waals surface area contributed by atoms with Gasteiger partial charge in [0, 0.05) is 5.69 Å². The molecule has 0 heterocycles. The van der Waals surface area contributed by atoms with Crippen LogP contribution in [0.1, 0.15) is 37.3 Å². The lowest BCUT2D eigenvalue weighted by Crippen LogP contribution is -2.34. The average Bonchev–Trinajstić information content (AvgIpc) is 2.93. The Kier molecular flexibility index (Phi) is 10.7. The molecule has 0 spiro atoms. The molecule has 0 aliphatic carbocycles. The van der Waals surface area contributed by atoms with Crippen LogP contribution in [0.4, 0.5) is 18.9 Å². The Bertz CT molecular complexity index is 1230. The van der Waals surface area contributed by atoms with Gasteiger partial charge in [-0.3, -0.25) is 0 Å². The lowest BCUT2D eigenvalue weighted by Gasteiger charge is -2.28. The fraction of sp³-hybridized carbons (Fsp3) is 0.212. The number of nitrogen functional groups attached to an aromatic ring is 1. The number of halogens is 3. The molecule has 5 heteroatoms. The minimum absolute atomic E-state index is 0.125. The molecule has 4 aromatic rings. The summed E-state index contributed by atoms with van der Waals surface area (Å²) in [5.74, 6) is 0. The number of rotatable bonds is 9. The number of allylic oxidation sites excluding steroid dienone is 1. The highest BCUT2D eigenvalue weighted by Crippen LogP contribution is 2.56.